The third-order valence-corrected chi connectivity index (χ3v) is 6.13. The number of aryl methyl sites for hydroxylation is 2. The maximum atomic E-state index is 12.3. The van der Waals surface area contributed by atoms with E-state index in [0.717, 1.165) is 66.1 Å². The van der Waals surface area contributed by atoms with Gasteiger partial charge in [0.25, 0.3) is 5.91 Å². The van der Waals surface area contributed by atoms with Gasteiger partial charge in [-0.15, -0.1) is 11.3 Å². The van der Waals surface area contributed by atoms with E-state index >= 15 is 0 Å². The molecule has 2 aliphatic carbocycles. The summed E-state index contributed by atoms with van der Waals surface area (Å²) in [6.45, 7) is 2.07. The van der Waals surface area contributed by atoms with Crippen LogP contribution in [0, 0.1) is 0 Å². The number of ether oxygens (including phenoxy) is 2. The van der Waals surface area contributed by atoms with E-state index in [1.165, 1.54) is 11.3 Å². The van der Waals surface area contributed by atoms with E-state index in [9.17, 15) is 9.59 Å². The fourth-order valence-corrected chi connectivity index (χ4v) is 4.83. The largest absolute Gasteiger partial charge is 0.483 e. The first kappa shape index (κ1) is 18.9. The Balaban J connectivity index is 1.37. The maximum Gasteiger partial charge on any atom is 0.315 e. The van der Waals surface area contributed by atoms with Gasteiger partial charge in [-0.05, 0) is 51.5 Å². The highest BCUT2D eigenvalue weighted by Gasteiger charge is 2.33. The number of rotatable bonds is 6. The normalized spacial score (nSPS) is 17.5. The van der Waals surface area contributed by atoms with E-state index in [1.54, 1.807) is 13.1 Å². The van der Waals surface area contributed by atoms with Crippen LogP contribution in [0.2, 0.25) is 0 Å². The summed E-state index contributed by atoms with van der Waals surface area (Å²) in [6, 6.07) is 1.82. The summed E-state index contributed by atoms with van der Waals surface area (Å²) in [7, 11) is 0. The average molecular weight is 401 g/mol. The molecule has 0 aromatic carbocycles. The van der Waals surface area contributed by atoms with Gasteiger partial charge in [0.05, 0.1) is 12.3 Å². The highest BCUT2D eigenvalue weighted by atomic mass is 32.1. The molecule has 2 aromatic heterocycles. The standard InChI is InChI=1S/C20H23N3O4S/c1-2-26-19(25)13-7-8-16-18(13)23-20(28-16)22-17(24)11-27-15-9-10-21-14-6-4-3-5-12(14)15/h9-10,13H,2-8,11H2,1H3,(H,22,23,24). The molecule has 2 heterocycles. The van der Waals surface area contributed by atoms with Crippen molar-refractivity contribution in [1.82, 2.24) is 9.97 Å². The molecule has 2 aromatic rings. The average Bonchev–Trinajstić information content (AvgIpc) is 3.26. The van der Waals surface area contributed by atoms with Crippen molar-refractivity contribution < 1.29 is 19.1 Å². The van der Waals surface area contributed by atoms with Gasteiger partial charge < -0.3 is 9.47 Å². The van der Waals surface area contributed by atoms with Gasteiger partial charge in [-0.2, -0.15) is 0 Å². The summed E-state index contributed by atoms with van der Waals surface area (Å²) in [4.78, 5) is 34.3. The van der Waals surface area contributed by atoms with Gasteiger partial charge in [0.15, 0.2) is 11.7 Å². The van der Waals surface area contributed by atoms with E-state index in [4.69, 9.17) is 9.47 Å². The third-order valence-electron chi connectivity index (χ3n) is 5.09. The quantitative estimate of drug-likeness (QED) is 0.749. The van der Waals surface area contributed by atoms with Crippen molar-refractivity contribution in [3.05, 3.63) is 34.1 Å². The Hall–Kier alpha value is -2.48. The molecule has 0 radical (unpaired) electrons. The molecule has 8 heteroatoms. The molecule has 148 valence electrons. The molecule has 1 unspecified atom stereocenters. The Morgan fingerprint density at radius 3 is 3.00 bits per heavy atom. The first-order valence-corrected chi connectivity index (χ1v) is 10.5. The van der Waals surface area contributed by atoms with Crippen LogP contribution in [0.1, 0.15) is 53.9 Å². The number of carbonyl (C=O) groups is 2. The lowest BCUT2D eigenvalue weighted by Crippen LogP contribution is -2.21. The predicted molar refractivity (Wildman–Crippen MR) is 105 cm³/mol. The Morgan fingerprint density at radius 1 is 1.29 bits per heavy atom. The molecule has 0 fully saturated rings. The summed E-state index contributed by atoms with van der Waals surface area (Å²) in [5.41, 5.74) is 2.93. The number of aromatic nitrogens is 2. The van der Waals surface area contributed by atoms with Crippen molar-refractivity contribution in [2.75, 3.05) is 18.5 Å². The van der Waals surface area contributed by atoms with Crippen molar-refractivity contribution in [2.45, 2.75) is 51.4 Å². The lowest BCUT2D eigenvalue weighted by molar-refractivity contribution is -0.145. The van der Waals surface area contributed by atoms with E-state index in [1.807, 2.05) is 6.07 Å². The smallest absolute Gasteiger partial charge is 0.315 e. The Morgan fingerprint density at radius 2 is 2.14 bits per heavy atom. The number of pyridine rings is 1. The molecule has 0 saturated carbocycles. The van der Waals surface area contributed by atoms with Crippen LogP contribution in [0.3, 0.4) is 0 Å². The van der Waals surface area contributed by atoms with Crippen LogP contribution in [-0.2, 0) is 33.6 Å². The fraction of sp³-hybridized carbons (Fsp3) is 0.500. The zero-order chi connectivity index (χ0) is 19.5. The molecule has 0 spiro atoms. The SMILES string of the molecule is CCOC(=O)C1CCc2sc(NC(=O)COc3ccnc4c3CCCC4)nc21. The first-order valence-electron chi connectivity index (χ1n) is 9.71. The molecule has 0 bridgehead atoms. The summed E-state index contributed by atoms with van der Waals surface area (Å²) < 4.78 is 10.9. The van der Waals surface area contributed by atoms with Gasteiger partial charge in [0.1, 0.15) is 11.7 Å². The second kappa shape index (κ2) is 8.26. The Labute approximate surface area is 167 Å². The van der Waals surface area contributed by atoms with E-state index < -0.39 is 0 Å². The van der Waals surface area contributed by atoms with Gasteiger partial charge in [-0.3, -0.25) is 19.9 Å². The van der Waals surface area contributed by atoms with Crippen molar-refractivity contribution in [3.63, 3.8) is 0 Å². The number of nitrogens with one attached hydrogen (secondary N) is 1. The minimum absolute atomic E-state index is 0.0813. The van der Waals surface area contributed by atoms with Gasteiger partial charge in [-0.25, -0.2) is 4.98 Å². The number of fused-ring (bicyclic) bond motifs is 2. The molecular formula is C20H23N3O4S. The topological polar surface area (TPSA) is 90.4 Å². The highest BCUT2D eigenvalue weighted by Crippen LogP contribution is 2.39. The van der Waals surface area contributed by atoms with Crippen LogP contribution in [0.4, 0.5) is 5.13 Å². The molecule has 7 nitrogen and oxygen atoms in total. The van der Waals surface area contributed by atoms with Crippen molar-refractivity contribution in [3.8, 4) is 5.75 Å². The zero-order valence-corrected chi connectivity index (χ0v) is 16.6. The number of anilines is 1. The monoisotopic (exact) mass is 401 g/mol. The van der Waals surface area contributed by atoms with Crippen LogP contribution in [-0.4, -0.2) is 35.1 Å². The number of nitrogens with zero attached hydrogens (tertiary/aromatic N) is 2. The van der Waals surface area contributed by atoms with Crippen LogP contribution < -0.4 is 10.1 Å². The summed E-state index contributed by atoms with van der Waals surface area (Å²) in [6.07, 6.45) is 7.40. The van der Waals surface area contributed by atoms with Crippen LogP contribution >= 0.6 is 11.3 Å². The van der Waals surface area contributed by atoms with Crippen molar-refractivity contribution >= 4 is 28.3 Å². The van der Waals surface area contributed by atoms with Crippen molar-refractivity contribution in [1.29, 1.82) is 0 Å². The third kappa shape index (κ3) is 3.87. The highest BCUT2D eigenvalue weighted by molar-refractivity contribution is 7.16. The molecule has 2 aliphatic rings. The van der Waals surface area contributed by atoms with Gasteiger partial charge in [0.2, 0.25) is 0 Å². The number of hydrogen-bond donors (Lipinski definition) is 1. The fourth-order valence-electron chi connectivity index (χ4n) is 3.78. The lowest BCUT2D eigenvalue weighted by atomic mass is 9.95. The zero-order valence-electron chi connectivity index (χ0n) is 15.8. The molecule has 1 N–H and O–H groups in total. The van der Waals surface area contributed by atoms with Crippen LogP contribution in [0.15, 0.2) is 12.3 Å². The number of amides is 1. The van der Waals surface area contributed by atoms with Crippen LogP contribution in [0.25, 0.3) is 0 Å². The Kier molecular flexibility index (Phi) is 5.57. The Bertz CT molecular complexity index is 896. The number of thiazole rings is 1. The molecule has 0 aliphatic heterocycles. The number of carbonyl (C=O) groups excluding carboxylic acids is 2. The summed E-state index contributed by atoms with van der Waals surface area (Å²) in [5, 5.41) is 3.29. The molecule has 1 amide bonds. The van der Waals surface area contributed by atoms with Gasteiger partial charge >= 0.3 is 5.97 Å². The first-order chi connectivity index (χ1) is 13.7. The summed E-state index contributed by atoms with van der Waals surface area (Å²) in [5.74, 6) is -0.0861. The van der Waals surface area contributed by atoms with Crippen LogP contribution in [0.5, 0.6) is 5.75 Å². The molecule has 4 rings (SSSR count). The van der Waals surface area contributed by atoms with Crippen molar-refractivity contribution in [2.24, 2.45) is 0 Å². The molecule has 28 heavy (non-hydrogen) atoms. The minimum atomic E-state index is -0.323. The summed E-state index contributed by atoms with van der Waals surface area (Å²) >= 11 is 1.42. The van der Waals surface area contributed by atoms with Gasteiger partial charge in [0, 0.05) is 22.3 Å². The minimum Gasteiger partial charge on any atom is -0.483 e. The van der Waals surface area contributed by atoms with E-state index in [0.29, 0.717) is 11.7 Å². The second-order valence-electron chi connectivity index (χ2n) is 6.95. The van der Waals surface area contributed by atoms with E-state index in [-0.39, 0.29) is 24.4 Å². The maximum absolute atomic E-state index is 12.3. The molecule has 0 saturated heterocycles. The lowest BCUT2D eigenvalue weighted by Gasteiger charge is -2.18. The predicted octanol–water partition coefficient (Wildman–Crippen LogP) is 3.03. The van der Waals surface area contributed by atoms with Gasteiger partial charge in [-0.1, -0.05) is 0 Å². The second-order valence-corrected chi connectivity index (χ2v) is 8.03. The number of hydrogen-bond acceptors (Lipinski definition) is 7. The van der Waals surface area contributed by atoms with E-state index in [2.05, 4.69) is 15.3 Å². The number of esters is 1. The molecular weight excluding hydrogens is 378 g/mol. The molecule has 1 atom stereocenters.